The van der Waals surface area contributed by atoms with Crippen LogP contribution in [0.4, 0.5) is 16.2 Å². The fourth-order valence-electron chi connectivity index (χ4n) is 3.79. The molecule has 3 heterocycles. The molecule has 1 saturated heterocycles. The van der Waals surface area contributed by atoms with E-state index in [1.165, 1.54) is 17.8 Å². The molecule has 0 amide bonds. The number of alkyl halides is 1. The van der Waals surface area contributed by atoms with E-state index in [-0.39, 0.29) is 17.3 Å². The first-order valence-electron chi connectivity index (χ1n) is 11.0. The van der Waals surface area contributed by atoms with Crippen LogP contribution in [-0.2, 0) is 18.6 Å². The first-order valence-corrected chi connectivity index (χ1v) is 12.5. The Kier molecular flexibility index (Phi) is 7.25. The lowest BCUT2D eigenvalue weighted by Gasteiger charge is -2.25. The molecule has 0 spiro atoms. The van der Waals surface area contributed by atoms with Crippen LogP contribution in [0.1, 0.15) is 20.1 Å². The normalized spacial score (nSPS) is 26.4. The van der Waals surface area contributed by atoms with E-state index in [2.05, 4.69) is 25.4 Å². The third-order valence-corrected chi connectivity index (χ3v) is 7.25. The molecule has 6 atom stereocenters. The van der Waals surface area contributed by atoms with Gasteiger partial charge in [-0.3, -0.25) is 9.09 Å². The average Bonchev–Trinajstić information content (AvgIpc) is 3.35. The van der Waals surface area contributed by atoms with Crippen molar-refractivity contribution in [3.8, 4) is 5.75 Å². The molecule has 4 rings (SSSR count). The maximum absolute atomic E-state index is 15.8. The van der Waals surface area contributed by atoms with Gasteiger partial charge < -0.3 is 30.2 Å². The molecular formula is C21H27FN7O6P. The molecule has 1 aliphatic rings. The van der Waals surface area contributed by atoms with Gasteiger partial charge in [0.2, 0.25) is 5.95 Å². The van der Waals surface area contributed by atoms with Gasteiger partial charge in [-0.2, -0.15) is 9.97 Å². The van der Waals surface area contributed by atoms with Crippen LogP contribution < -0.4 is 20.7 Å². The van der Waals surface area contributed by atoms with Crippen molar-refractivity contribution < 1.29 is 32.6 Å². The fraction of sp³-hybridized carbons (Fsp3) is 0.429. The number of hydrogen-bond donors (Lipinski definition) is 4. The van der Waals surface area contributed by atoms with Crippen molar-refractivity contribution in [2.24, 2.45) is 0 Å². The number of nitrogens with one attached hydrogen (secondary N) is 2. The van der Waals surface area contributed by atoms with Crippen LogP contribution in [0, 0.1) is 0 Å². The minimum atomic E-state index is -4.13. The number of ether oxygens (including phenoxy) is 1. The van der Waals surface area contributed by atoms with E-state index in [9.17, 15) is 14.5 Å². The molecule has 3 aromatic rings. The number of imidazole rings is 1. The molecule has 1 fully saturated rings. The van der Waals surface area contributed by atoms with Gasteiger partial charge in [-0.25, -0.2) is 19.0 Å². The summed E-state index contributed by atoms with van der Waals surface area (Å²) < 4.78 is 47.3. The van der Waals surface area contributed by atoms with Crippen LogP contribution in [0.15, 0.2) is 36.7 Å². The molecule has 36 heavy (non-hydrogen) atoms. The van der Waals surface area contributed by atoms with Crippen molar-refractivity contribution in [2.75, 3.05) is 24.7 Å². The Bertz CT molecular complexity index is 1280. The second kappa shape index (κ2) is 10.1. The van der Waals surface area contributed by atoms with Gasteiger partial charge in [0.15, 0.2) is 28.9 Å². The smallest absolute Gasteiger partial charge is 0.413 e. The summed E-state index contributed by atoms with van der Waals surface area (Å²) in [5, 5.41) is 16.1. The van der Waals surface area contributed by atoms with E-state index in [0.717, 1.165) is 6.92 Å². The van der Waals surface area contributed by atoms with Crippen molar-refractivity contribution in [1.29, 1.82) is 0 Å². The van der Waals surface area contributed by atoms with E-state index in [1.807, 2.05) is 0 Å². The minimum absolute atomic E-state index is 0.0676. The largest absolute Gasteiger partial charge is 0.459 e. The van der Waals surface area contributed by atoms with Crippen molar-refractivity contribution in [3.63, 3.8) is 0 Å². The fourth-order valence-corrected chi connectivity index (χ4v) is 5.27. The number of nitrogen functional groups attached to an aromatic ring is 1. The number of aliphatic hydroxyl groups excluding tert-OH is 1. The van der Waals surface area contributed by atoms with Crippen LogP contribution in [0.3, 0.4) is 0 Å². The monoisotopic (exact) mass is 523 g/mol. The van der Waals surface area contributed by atoms with Crippen LogP contribution in [-0.4, -0.2) is 68.5 Å². The van der Waals surface area contributed by atoms with Crippen molar-refractivity contribution >= 4 is 37.0 Å². The van der Waals surface area contributed by atoms with E-state index in [0.29, 0.717) is 17.6 Å². The second-order valence-corrected chi connectivity index (χ2v) is 10.1. The van der Waals surface area contributed by atoms with E-state index < -0.39 is 44.5 Å². The van der Waals surface area contributed by atoms with Gasteiger partial charge in [0.25, 0.3) is 0 Å². The molecule has 0 aliphatic carbocycles. The quantitative estimate of drug-likeness (QED) is 0.224. The third kappa shape index (κ3) is 5.04. The first-order chi connectivity index (χ1) is 17.1. The number of fused-ring (bicyclic) bond motifs is 1. The third-order valence-electron chi connectivity index (χ3n) is 5.59. The van der Waals surface area contributed by atoms with Crippen LogP contribution in [0.25, 0.3) is 11.2 Å². The number of nitrogens with zero attached hydrogens (tertiary/aromatic N) is 4. The summed E-state index contributed by atoms with van der Waals surface area (Å²) in [4.78, 5) is 23.5. The molecule has 1 aromatic carbocycles. The summed E-state index contributed by atoms with van der Waals surface area (Å²) in [6.45, 7) is 2.10. The Morgan fingerprint density at radius 3 is 2.78 bits per heavy atom. The number of anilines is 2. The zero-order valence-corrected chi connectivity index (χ0v) is 20.6. The number of aldehydes is 1. The SMILES string of the molecule is CNc1nc(N)nc2c1ncn2[C@@H]1O[C@H](COP(=O)(N[C@@H](C)C=O)Oc2ccccc2)[C@@H](O)[C@@]1(C)F. The van der Waals surface area contributed by atoms with Gasteiger partial charge >= 0.3 is 7.75 Å². The average molecular weight is 523 g/mol. The van der Waals surface area contributed by atoms with E-state index in [1.54, 1.807) is 37.4 Å². The number of rotatable bonds is 10. The Morgan fingerprint density at radius 2 is 2.11 bits per heavy atom. The number of hydrogen-bond acceptors (Lipinski definition) is 11. The highest BCUT2D eigenvalue weighted by molar-refractivity contribution is 7.52. The van der Waals surface area contributed by atoms with Crippen LogP contribution in [0.5, 0.6) is 5.75 Å². The van der Waals surface area contributed by atoms with Crippen molar-refractivity contribution in [1.82, 2.24) is 24.6 Å². The zero-order valence-electron chi connectivity index (χ0n) is 19.7. The summed E-state index contributed by atoms with van der Waals surface area (Å²) >= 11 is 0. The number of carbonyl (C=O) groups excluding carboxylic acids is 1. The molecule has 2 aromatic heterocycles. The van der Waals surface area contributed by atoms with Crippen molar-refractivity contribution in [3.05, 3.63) is 36.7 Å². The maximum Gasteiger partial charge on any atom is 0.459 e. The van der Waals surface area contributed by atoms with Crippen LogP contribution in [0.2, 0.25) is 0 Å². The second-order valence-electron chi connectivity index (χ2n) is 8.38. The highest BCUT2D eigenvalue weighted by Gasteiger charge is 2.56. The minimum Gasteiger partial charge on any atom is -0.413 e. The number of aliphatic hydroxyl groups is 1. The number of benzene rings is 1. The lowest BCUT2D eigenvalue weighted by molar-refractivity contribution is -0.109. The Labute approximate surface area is 205 Å². The highest BCUT2D eigenvalue weighted by Crippen LogP contribution is 2.48. The predicted molar refractivity (Wildman–Crippen MR) is 128 cm³/mol. The van der Waals surface area contributed by atoms with Gasteiger partial charge in [0.1, 0.15) is 24.2 Å². The summed E-state index contributed by atoms with van der Waals surface area (Å²) in [5.41, 5.74) is 3.97. The van der Waals surface area contributed by atoms with E-state index in [4.69, 9.17) is 19.5 Å². The highest BCUT2D eigenvalue weighted by atomic mass is 31.2. The number of nitrogens with two attached hydrogens (primary N) is 1. The van der Waals surface area contributed by atoms with Gasteiger partial charge in [-0.15, -0.1) is 0 Å². The Hall–Kier alpha value is -3.16. The molecular weight excluding hydrogens is 496 g/mol. The summed E-state index contributed by atoms with van der Waals surface area (Å²) in [7, 11) is -2.51. The molecule has 5 N–H and O–H groups in total. The molecule has 0 radical (unpaired) electrons. The van der Waals surface area contributed by atoms with Gasteiger partial charge in [-0.1, -0.05) is 18.2 Å². The lowest BCUT2D eigenvalue weighted by Crippen LogP contribution is -2.41. The standard InChI is InChI=1S/C21H27FN7O6P/c1-12(9-30)28-36(32,35-13-7-5-4-6-8-13)33-10-14-16(31)21(2,22)19(34-14)29-11-25-15-17(24-3)26-20(23)27-18(15)29/h4-9,11-12,14,16,19,31H,10H2,1-3H3,(H,28,32)(H3,23,24,26,27)/t12-,14+,16+,19+,21+,36?/m0/s1. The first kappa shape index (κ1) is 25.9. The number of halogens is 1. The van der Waals surface area contributed by atoms with Crippen LogP contribution >= 0.6 is 7.75 Å². The number of carbonyl (C=O) groups is 1. The molecule has 13 nitrogen and oxygen atoms in total. The molecule has 194 valence electrons. The topological polar surface area (TPSA) is 176 Å². The summed E-state index contributed by atoms with van der Waals surface area (Å²) in [6, 6.07) is 7.29. The number of para-hydroxylation sites is 1. The van der Waals surface area contributed by atoms with Gasteiger partial charge in [0, 0.05) is 7.05 Å². The maximum atomic E-state index is 15.8. The Morgan fingerprint density at radius 1 is 1.39 bits per heavy atom. The van der Waals surface area contributed by atoms with Gasteiger partial charge in [-0.05, 0) is 26.0 Å². The summed E-state index contributed by atoms with van der Waals surface area (Å²) in [6.07, 6.45) is -2.49. The Balaban J connectivity index is 1.57. The molecule has 1 aliphatic heterocycles. The molecule has 0 saturated carbocycles. The van der Waals surface area contributed by atoms with E-state index >= 15 is 4.39 Å². The molecule has 15 heteroatoms. The van der Waals surface area contributed by atoms with Crippen molar-refractivity contribution in [2.45, 2.75) is 44.0 Å². The molecule has 0 bridgehead atoms. The van der Waals surface area contributed by atoms with Gasteiger partial charge in [0.05, 0.1) is 19.0 Å². The summed E-state index contributed by atoms with van der Waals surface area (Å²) in [5.74, 6) is 0.488. The zero-order chi connectivity index (χ0) is 26.1. The lowest BCUT2D eigenvalue weighted by atomic mass is 9.98. The molecule has 1 unspecified atom stereocenters. The number of aromatic nitrogens is 4. The predicted octanol–water partition coefficient (Wildman–Crippen LogP) is 1.82.